The van der Waals surface area contributed by atoms with Gasteiger partial charge in [0.25, 0.3) is 0 Å². The van der Waals surface area contributed by atoms with E-state index >= 15 is 0 Å². The van der Waals surface area contributed by atoms with E-state index in [1.807, 2.05) is 13.1 Å². The van der Waals surface area contributed by atoms with Gasteiger partial charge < -0.3 is 0 Å². The monoisotopic (exact) mass is 111 g/mol. The molecule has 0 saturated heterocycles. The molecule has 0 aliphatic heterocycles. The SMILES string of the molecule is C/C=N\C=C(/C)CC. The highest BCUT2D eigenvalue weighted by molar-refractivity contribution is 5.54. The van der Waals surface area contributed by atoms with Crippen LogP contribution >= 0.6 is 0 Å². The van der Waals surface area contributed by atoms with Crippen LogP contribution in [0.15, 0.2) is 16.8 Å². The van der Waals surface area contributed by atoms with Crippen LogP contribution in [0.2, 0.25) is 0 Å². The van der Waals surface area contributed by atoms with Crippen molar-refractivity contribution in [3.05, 3.63) is 11.8 Å². The Morgan fingerprint density at radius 3 is 2.62 bits per heavy atom. The van der Waals surface area contributed by atoms with Crippen molar-refractivity contribution in [2.75, 3.05) is 0 Å². The average Bonchev–Trinajstić information content (AvgIpc) is 1.83. The largest absolute Gasteiger partial charge is 0.269 e. The second-order valence-electron chi connectivity index (χ2n) is 1.74. The van der Waals surface area contributed by atoms with Crippen molar-refractivity contribution in [1.82, 2.24) is 0 Å². The van der Waals surface area contributed by atoms with E-state index in [4.69, 9.17) is 0 Å². The van der Waals surface area contributed by atoms with E-state index in [-0.39, 0.29) is 0 Å². The molecule has 0 heterocycles. The summed E-state index contributed by atoms with van der Waals surface area (Å²) in [5, 5.41) is 0. The van der Waals surface area contributed by atoms with E-state index in [2.05, 4.69) is 18.8 Å². The molecule has 1 nitrogen and oxygen atoms in total. The highest BCUT2D eigenvalue weighted by Gasteiger charge is 1.76. The molecule has 0 unspecified atom stereocenters. The standard InChI is InChI=1S/C7H13N/c1-4-7(3)6-8-5-2/h5-6H,4H2,1-3H3/b7-6+,8-5-. The Balaban J connectivity index is 3.57. The van der Waals surface area contributed by atoms with Crippen LogP contribution in [0.3, 0.4) is 0 Å². The summed E-state index contributed by atoms with van der Waals surface area (Å²) >= 11 is 0. The molecule has 46 valence electrons. The Hall–Kier alpha value is -0.590. The van der Waals surface area contributed by atoms with Gasteiger partial charge in [-0.05, 0) is 20.3 Å². The normalized spacial score (nSPS) is 13.1. The summed E-state index contributed by atoms with van der Waals surface area (Å²) < 4.78 is 0. The molecular weight excluding hydrogens is 98.1 g/mol. The van der Waals surface area contributed by atoms with Gasteiger partial charge in [-0.25, -0.2) is 0 Å². The summed E-state index contributed by atoms with van der Waals surface area (Å²) in [4.78, 5) is 3.96. The van der Waals surface area contributed by atoms with Crippen molar-refractivity contribution in [3.8, 4) is 0 Å². The third kappa shape index (κ3) is 3.59. The Morgan fingerprint density at radius 1 is 1.62 bits per heavy atom. The van der Waals surface area contributed by atoms with Gasteiger partial charge in [-0.3, -0.25) is 4.99 Å². The molecule has 0 atom stereocenters. The number of hydrogen-bond donors (Lipinski definition) is 0. The quantitative estimate of drug-likeness (QED) is 0.485. The van der Waals surface area contributed by atoms with Gasteiger partial charge in [0, 0.05) is 12.4 Å². The molecule has 0 aliphatic rings. The Bertz CT molecular complexity index is 101. The predicted octanol–water partition coefficient (Wildman–Crippen LogP) is 2.39. The number of hydrogen-bond acceptors (Lipinski definition) is 1. The second-order valence-corrected chi connectivity index (χ2v) is 1.74. The van der Waals surface area contributed by atoms with Gasteiger partial charge in [0.05, 0.1) is 0 Å². The lowest BCUT2D eigenvalue weighted by molar-refractivity contribution is 1.09. The number of rotatable bonds is 2. The van der Waals surface area contributed by atoms with Gasteiger partial charge in [-0.15, -0.1) is 0 Å². The lowest BCUT2D eigenvalue weighted by atomic mass is 10.3. The molecule has 0 aromatic heterocycles. The smallest absolute Gasteiger partial charge is 0.0252 e. The fraction of sp³-hybridized carbons (Fsp3) is 0.571. The topological polar surface area (TPSA) is 12.4 Å². The molecule has 1 heteroatoms. The van der Waals surface area contributed by atoms with Crippen LogP contribution in [0.25, 0.3) is 0 Å². The third-order valence-corrected chi connectivity index (χ3v) is 1.00. The maximum absolute atomic E-state index is 3.96. The first-order chi connectivity index (χ1) is 3.81. The highest BCUT2D eigenvalue weighted by atomic mass is 14.7. The van der Waals surface area contributed by atoms with E-state index in [9.17, 15) is 0 Å². The number of nitrogens with zero attached hydrogens (tertiary/aromatic N) is 1. The molecule has 0 aliphatic carbocycles. The van der Waals surface area contributed by atoms with Crippen molar-refractivity contribution < 1.29 is 0 Å². The summed E-state index contributed by atoms with van der Waals surface area (Å²) in [7, 11) is 0. The summed E-state index contributed by atoms with van der Waals surface area (Å²) in [6.07, 6.45) is 4.77. The molecule has 0 aromatic carbocycles. The average molecular weight is 111 g/mol. The molecule has 0 aromatic rings. The van der Waals surface area contributed by atoms with E-state index in [1.54, 1.807) is 6.21 Å². The molecule has 0 rings (SSSR count). The minimum atomic E-state index is 1.09. The first kappa shape index (κ1) is 7.41. The molecule has 0 saturated carbocycles. The Kier molecular flexibility index (Phi) is 4.23. The van der Waals surface area contributed by atoms with Crippen LogP contribution in [0.1, 0.15) is 27.2 Å². The fourth-order valence-electron chi connectivity index (χ4n) is 0.293. The van der Waals surface area contributed by atoms with Gasteiger partial charge >= 0.3 is 0 Å². The van der Waals surface area contributed by atoms with Crippen molar-refractivity contribution in [3.63, 3.8) is 0 Å². The Labute approximate surface area is 51.1 Å². The van der Waals surface area contributed by atoms with E-state index in [1.165, 1.54) is 5.57 Å². The van der Waals surface area contributed by atoms with Crippen molar-refractivity contribution >= 4 is 6.21 Å². The third-order valence-electron chi connectivity index (χ3n) is 1.00. The number of aliphatic imine (C=N–C) groups is 1. The first-order valence-corrected chi connectivity index (χ1v) is 2.94. The molecule has 0 fully saturated rings. The zero-order valence-electron chi connectivity index (χ0n) is 5.81. The van der Waals surface area contributed by atoms with E-state index in [0.717, 1.165) is 6.42 Å². The van der Waals surface area contributed by atoms with Crippen LogP contribution in [-0.2, 0) is 0 Å². The molecule has 0 amide bonds. The van der Waals surface area contributed by atoms with Crippen LogP contribution in [0, 0.1) is 0 Å². The molecular formula is C7H13N. The van der Waals surface area contributed by atoms with Crippen molar-refractivity contribution in [2.45, 2.75) is 27.2 Å². The Morgan fingerprint density at radius 2 is 2.25 bits per heavy atom. The zero-order valence-corrected chi connectivity index (χ0v) is 5.81. The van der Waals surface area contributed by atoms with Crippen molar-refractivity contribution in [1.29, 1.82) is 0 Å². The van der Waals surface area contributed by atoms with E-state index in [0.29, 0.717) is 0 Å². The summed E-state index contributed by atoms with van der Waals surface area (Å²) in [5.74, 6) is 0. The minimum absolute atomic E-state index is 1.09. The van der Waals surface area contributed by atoms with Gasteiger partial charge in [0.15, 0.2) is 0 Å². The van der Waals surface area contributed by atoms with Gasteiger partial charge in [-0.1, -0.05) is 12.5 Å². The highest BCUT2D eigenvalue weighted by Crippen LogP contribution is 1.96. The molecule has 8 heavy (non-hydrogen) atoms. The van der Waals surface area contributed by atoms with Gasteiger partial charge in [0.2, 0.25) is 0 Å². The maximum Gasteiger partial charge on any atom is 0.0252 e. The van der Waals surface area contributed by atoms with Crippen LogP contribution in [-0.4, -0.2) is 6.21 Å². The molecule has 0 radical (unpaired) electrons. The lowest BCUT2D eigenvalue weighted by Gasteiger charge is -1.86. The van der Waals surface area contributed by atoms with Crippen LogP contribution in [0.5, 0.6) is 0 Å². The van der Waals surface area contributed by atoms with E-state index < -0.39 is 0 Å². The molecule has 0 spiro atoms. The minimum Gasteiger partial charge on any atom is -0.269 e. The molecule has 0 bridgehead atoms. The fourth-order valence-corrected chi connectivity index (χ4v) is 0.293. The first-order valence-electron chi connectivity index (χ1n) is 2.94. The summed E-state index contributed by atoms with van der Waals surface area (Å²) in [5.41, 5.74) is 1.32. The van der Waals surface area contributed by atoms with Crippen molar-refractivity contribution in [2.24, 2.45) is 4.99 Å². The summed E-state index contributed by atoms with van der Waals surface area (Å²) in [6, 6.07) is 0. The second kappa shape index (κ2) is 4.57. The number of allylic oxidation sites excluding steroid dienone is 1. The summed E-state index contributed by atoms with van der Waals surface area (Å²) in [6.45, 7) is 6.11. The lowest BCUT2D eigenvalue weighted by Crippen LogP contribution is -1.67. The maximum atomic E-state index is 3.96. The molecule has 0 N–H and O–H groups in total. The van der Waals surface area contributed by atoms with Gasteiger partial charge in [0.1, 0.15) is 0 Å². The predicted molar refractivity (Wildman–Crippen MR) is 38.2 cm³/mol. The van der Waals surface area contributed by atoms with Gasteiger partial charge in [-0.2, -0.15) is 0 Å². The zero-order chi connectivity index (χ0) is 6.41. The van der Waals surface area contributed by atoms with Crippen LogP contribution in [0.4, 0.5) is 0 Å². The van der Waals surface area contributed by atoms with Crippen LogP contribution < -0.4 is 0 Å².